The molecule has 0 fully saturated rings. The van der Waals surface area contributed by atoms with Crippen molar-refractivity contribution >= 4 is 28.7 Å². The van der Waals surface area contributed by atoms with Crippen LogP contribution in [0, 0.1) is 6.92 Å². The average Bonchev–Trinajstić information content (AvgIpc) is 2.84. The molecule has 0 unspecified atom stereocenters. The van der Waals surface area contributed by atoms with Gasteiger partial charge in [0.05, 0.1) is 12.0 Å². The zero-order valence-corrected chi connectivity index (χ0v) is 9.95. The molecular formula is C10H9NO2S2. The first kappa shape index (κ1) is 10.3. The maximum Gasteiger partial charge on any atom is 0.225 e. The molecule has 3 nitrogen and oxygen atoms in total. The van der Waals surface area contributed by atoms with Gasteiger partial charge in [0.1, 0.15) is 0 Å². The van der Waals surface area contributed by atoms with E-state index in [9.17, 15) is 4.79 Å². The molecule has 0 spiro atoms. The van der Waals surface area contributed by atoms with Gasteiger partial charge in [-0.1, -0.05) is 0 Å². The number of ketones is 1. The molecule has 2 rings (SSSR count). The van der Waals surface area contributed by atoms with Gasteiger partial charge in [0.25, 0.3) is 0 Å². The van der Waals surface area contributed by atoms with E-state index in [1.807, 2.05) is 18.4 Å². The van der Waals surface area contributed by atoms with Crippen molar-refractivity contribution in [3.63, 3.8) is 0 Å². The van der Waals surface area contributed by atoms with Crippen LogP contribution in [-0.4, -0.2) is 17.3 Å². The Balaban J connectivity index is 2.28. The molecular weight excluding hydrogens is 230 g/mol. The Kier molecular flexibility index (Phi) is 2.83. The predicted molar refractivity (Wildman–Crippen MR) is 61.2 cm³/mol. The van der Waals surface area contributed by atoms with Crippen LogP contribution in [0.1, 0.15) is 20.1 Å². The minimum atomic E-state index is 0.0140. The topological polar surface area (TPSA) is 39.2 Å². The fourth-order valence-electron chi connectivity index (χ4n) is 1.17. The normalized spacial score (nSPS) is 10.3. The molecule has 0 saturated heterocycles. The van der Waals surface area contributed by atoms with Crippen molar-refractivity contribution in [2.45, 2.75) is 6.92 Å². The minimum Gasteiger partial charge on any atom is -0.480 e. The van der Waals surface area contributed by atoms with Crippen molar-refractivity contribution in [3.05, 3.63) is 32.8 Å². The number of nitrogens with zero attached hydrogens (tertiary/aromatic N) is 1. The molecule has 0 bridgehead atoms. The summed E-state index contributed by atoms with van der Waals surface area (Å²) in [6, 6.07) is 3.55. The summed E-state index contributed by atoms with van der Waals surface area (Å²) in [6.45, 7) is 1.98. The number of hydrogen-bond acceptors (Lipinski definition) is 5. The highest BCUT2D eigenvalue weighted by atomic mass is 32.1. The second-order valence-corrected chi connectivity index (χ2v) is 4.93. The highest BCUT2D eigenvalue weighted by Gasteiger charge is 2.14. The van der Waals surface area contributed by atoms with Crippen LogP contribution in [0.4, 0.5) is 0 Å². The molecule has 0 aromatic carbocycles. The molecule has 15 heavy (non-hydrogen) atoms. The lowest BCUT2D eigenvalue weighted by Gasteiger charge is -1.90. The highest BCUT2D eigenvalue weighted by molar-refractivity contribution is 7.10. The zero-order valence-electron chi connectivity index (χ0n) is 8.31. The number of carbonyl (C=O) groups excluding carboxylic acids is 1. The fourth-order valence-corrected chi connectivity index (χ4v) is 2.52. The summed E-state index contributed by atoms with van der Waals surface area (Å²) in [4.78, 5) is 13.7. The lowest BCUT2D eigenvalue weighted by molar-refractivity contribution is 0.104. The maximum absolute atomic E-state index is 11.9. The fraction of sp³-hybridized carbons (Fsp3) is 0.200. The molecule has 0 N–H and O–H groups in total. The van der Waals surface area contributed by atoms with Gasteiger partial charge >= 0.3 is 0 Å². The van der Waals surface area contributed by atoms with E-state index in [0.29, 0.717) is 10.8 Å². The molecule has 5 heteroatoms. The third kappa shape index (κ3) is 2.08. The van der Waals surface area contributed by atoms with E-state index in [4.69, 9.17) is 4.74 Å². The van der Waals surface area contributed by atoms with E-state index in [-0.39, 0.29) is 5.78 Å². The Bertz CT molecular complexity index is 487. The number of hydrogen-bond donors (Lipinski definition) is 0. The Morgan fingerprint density at radius 2 is 2.27 bits per heavy atom. The standard InChI is InChI=1S/C10H9NO2S2/c1-6-3-7(5-14-6)10(12)8-4-9(13-2)11-15-8/h3-5H,1-2H3. The first-order valence-corrected chi connectivity index (χ1v) is 5.96. The van der Waals surface area contributed by atoms with Gasteiger partial charge in [-0.25, -0.2) is 0 Å². The molecule has 2 aromatic rings. The lowest BCUT2D eigenvalue weighted by atomic mass is 10.2. The summed E-state index contributed by atoms with van der Waals surface area (Å²) >= 11 is 2.74. The second kappa shape index (κ2) is 4.12. The van der Waals surface area contributed by atoms with E-state index < -0.39 is 0 Å². The number of aryl methyl sites for hydroxylation is 1. The molecule has 0 aliphatic heterocycles. The molecule has 0 atom stereocenters. The number of methoxy groups -OCH3 is 1. The van der Waals surface area contributed by atoms with E-state index in [0.717, 1.165) is 10.4 Å². The van der Waals surface area contributed by atoms with E-state index in [1.165, 1.54) is 18.6 Å². The van der Waals surface area contributed by atoms with Gasteiger partial charge in [-0.2, -0.15) is 4.37 Å². The van der Waals surface area contributed by atoms with Crippen molar-refractivity contribution in [3.8, 4) is 5.88 Å². The van der Waals surface area contributed by atoms with Crippen LogP contribution in [0.2, 0.25) is 0 Å². The molecule has 0 radical (unpaired) electrons. The summed E-state index contributed by atoms with van der Waals surface area (Å²) in [7, 11) is 1.54. The molecule has 0 saturated carbocycles. The van der Waals surface area contributed by atoms with Crippen molar-refractivity contribution < 1.29 is 9.53 Å². The lowest BCUT2D eigenvalue weighted by Crippen LogP contribution is -1.95. The Hall–Kier alpha value is -1.20. The van der Waals surface area contributed by atoms with Crippen LogP contribution in [-0.2, 0) is 0 Å². The maximum atomic E-state index is 11.9. The Labute approximate surface area is 95.5 Å². The van der Waals surface area contributed by atoms with Gasteiger partial charge in [0, 0.05) is 21.9 Å². The zero-order chi connectivity index (χ0) is 10.8. The summed E-state index contributed by atoms with van der Waals surface area (Å²) < 4.78 is 8.93. The first-order valence-electron chi connectivity index (χ1n) is 4.31. The number of thiophene rings is 1. The Morgan fingerprint density at radius 1 is 1.47 bits per heavy atom. The van der Waals surface area contributed by atoms with E-state index in [1.54, 1.807) is 17.4 Å². The number of rotatable bonds is 3. The molecule has 78 valence electrons. The predicted octanol–water partition coefficient (Wildman–Crippen LogP) is 2.75. The van der Waals surface area contributed by atoms with Crippen LogP contribution >= 0.6 is 22.9 Å². The van der Waals surface area contributed by atoms with E-state index >= 15 is 0 Å². The van der Waals surface area contributed by atoms with Crippen LogP contribution in [0.3, 0.4) is 0 Å². The largest absolute Gasteiger partial charge is 0.480 e. The third-order valence-electron chi connectivity index (χ3n) is 1.91. The molecule has 2 aromatic heterocycles. The van der Waals surface area contributed by atoms with Crippen molar-refractivity contribution in [2.24, 2.45) is 0 Å². The second-order valence-electron chi connectivity index (χ2n) is 3.01. The van der Waals surface area contributed by atoms with Gasteiger partial charge in [0.2, 0.25) is 11.7 Å². The van der Waals surface area contributed by atoms with Crippen LogP contribution < -0.4 is 4.74 Å². The summed E-state index contributed by atoms with van der Waals surface area (Å²) in [5, 5.41) is 1.86. The molecule has 0 aliphatic rings. The minimum absolute atomic E-state index is 0.0140. The summed E-state index contributed by atoms with van der Waals surface area (Å²) in [5.74, 6) is 0.510. The van der Waals surface area contributed by atoms with Crippen molar-refractivity contribution in [2.75, 3.05) is 7.11 Å². The first-order chi connectivity index (χ1) is 7.20. The number of carbonyl (C=O) groups is 1. The average molecular weight is 239 g/mol. The molecule has 0 amide bonds. The smallest absolute Gasteiger partial charge is 0.225 e. The van der Waals surface area contributed by atoms with Gasteiger partial charge in [0.15, 0.2) is 0 Å². The summed E-state index contributed by atoms with van der Waals surface area (Å²) in [6.07, 6.45) is 0. The van der Waals surface area contributed by atoms with Crippen LogP contribution in [0.25, 0.3) is 0 Å². The SMILES string of the molecule is COc1cc(C(=O)c2csc(C)c2)sn1. The van der Waals surface area contributed by atoms with Gasteiger partial charge in [-0.15, -0.1) is 11.3 Å². The van der Waals surface area contributed by atoms with Crippen molar-refractivity contribution in [1.29, 1.82) is 0 Å². The number of ether oxygens (including phenoxy) is 1. The molecule has 2 heterocycles. The number of aromatic nitrogens is 1. The van der Waals surface area contributed by atoms with E-state index in [2.05, 4.69) is 4.37 Å². The van der Waals surface area contributed by atoms with Crippen LogP contribution in [0.15, 0.2) is 17.5 Å². The quantitative estimate of drug-likeness (QED) is 0.773. The van der Waals surface area contributed by atoms with Gasteiger partial charge < -0.3 is 4.74 Å². The highest BCUT2D eigenvalue weighted by Crippen LogP contribution is 2.22. The van der Waals surface area contributed by atoms with Gasteiger partial charge in [-0.05, 0) is 24.5 Å². The summed E-state index contributed by atoms with van der Waals surface area (Å²) in [5.41, 5.74) is 0.726. The van der Waals surface area contributed by atoms with Crippen LogP contribution in [0.5, 0.6) is 5.88 Å². The molecule has 0 aliphatic carbocycles. The monoisotopic (exact) mass is 239 g/mol. The third-order valence-corrected chi connectivity index (χ3v) is 3.55. The van der Waals surface area contributed by atoms with Crippen molar-refractivity contribution in [1.82, 2.24) is 4.37 Å². The van der Waals surface area contributed by atoms with Gasteiger partial charge in [-0.3, -0.25) is 4.79 Å². The Morgan fingerprint density at radius 3 is 2.80 bits per heavy atom.